The first kappa shape index (κ1) is 16.0. The van der Waals surface area contributed by atoms with Crippen molar-refractivity contribution in [2.24, 2.45) is 0 Å². The van der Waals surface area contributed by atoms with Crippen molar-refractivity contribution in [1.82, 2.24) is 10.2 Å². The van der Waals surface area contributed by atoms with Gasteiger partial charge in [-0.05, 0) is 31.0 Å². The van der Waals surface area contributed by atoms with Crippen molar-refractivity contribution in [2.45, 2.75) is 37.8 Å². The van der Waals surface area contributed by atoms with Gasteiger partial charge in [0, 0.05) is 16.1 Å². The number of hydrogen-bond donors (Lipinski definition) is 2. The summed E-state index contributed by atoms with van der Waals surface area (Å²) in [6.07, 6.45) is 3.80. The molecule has 2 unspecified atom stereocenters. The second-order valence-electron chi connectivity index (χ2n) is 5.99. The second-order valence-corrected chi connectivity index (χ2v) is 6.91. The van der Waals surface area contributed by atoms with Crippen LogP contribution in [0.5, 0.6) is 0 Å². The van der Waals surface area contributed by atoms with E-state index < -0.39 is 5.97 Å². The number of aromatic carboxylic acids is 1. The highest BCUT2D eigenvalue weighted by Crippen LogP contribution is 2.28. The summed E-state index contributed by atoms with van der Waals surface area (Å²) in [6, 6.07) is 4.39. The number of carboxylic acids is 1. The van der Waals surface area contributed by atoms with Crippen molar-refractivity contribution < 1.29 is 19.5 Å². The van der Waals surface area contributed by atoms with Gasteiger partial charge in [-0.2, -0.15) is 0 Å². The van der Waals surface area contributed by atoms with Crippen LogP contribution >= 0.6 is 15.9 Å². The third-order valence-electron chi connectivity index (χ3n) is 4.44. The van der Waals surface area contributed by atoms with E-state index in [1.165, 1.54) is 12.1 Å². The van der Waals surface area contributed by atoms with E-state index in [9.17, 15) is 14.4 Å². The summed E-state index contributed by atoms with van der Waals surface area (Å²) >= 11 is 3.24. The maximum atomic E-state index is 12.9. The minimum atomic E-state index is -1.09. The largest absolute Gasteiger partial charge is 0.478 e. The van der Waals surface area contributed by atoms with Gasteiger partial charge in [0.1, 0.15) is 6.54 Å². The summed E-state index contributed by atoms with van der Waals surface area (Å²) in [5, 5.41) is 12.1. The number of fused-ring (bicyclic) bond motifs is 1. The van der Waals surface area contributed by atoms with Gasteiger partial charge in [-0.1, -0.05) is 28.8 Å². The van der Waals surface area contributed by atoms with Crippen LogP contribution in [0.1, 0.15) is 46.4 Å². The first-order valence-electron chi connectivity index (χ1n) is 7.60. The molecule has 2 N–H and O–H groups in total. The van der Waals surface area contributed by atoms with Crippen molar-refractivity contribution in [2.75, 3.05) is 6.54 Å². The normalized spacial score (nSPS) is 23.9. The summed E-state index contributed by atoms with van der Waals surface area (Å²) in [6.45, 7) is 0.0227. The van der Waals surface area contributed by atoms with Gasteiger partial charge >= 0.3 is 5.97 Å². The van der Waals surface area contributed by atoms with Crippen molar-refractivity contribution in [1.29, 1.82) is 0 Å². The number of hydrogen-bond acceptors (Lipinski definition) is 3. The summed E-state index contributed by atoms with van der Waals surface area (Å²) in [5.74, 6) is -1.54. The quantitative estimate of drug-likeness (QED) is 0.821. The molecule has 122 valence electrons. The molecule has 2 amide bonds. The Morgan fingerprint density at radius 1 is 1.17 bits per heavy atom. The lowest BCUT2D eigenvalue weighted by atomic mass is 9.87. The summed E-state index contributed by atoms with van der Waals surface area (Å²) < 4.78 is 0.530. The number of halogens is 1. The molecule has 1 saturated carbocycles. The number of carbonyl (C=O) groups is 3. The van der Waals surface area contributed by atoms with Crippen LogP contribution in [0.3, 0.4) is 0 Å². The number of carbonyl (C=O) groups excluding carboxylic acids is 2. The molecular formula is C16H17BrN2O4. The highest BCUT2D eigenvalue weighted by Gasteiger charge is 2.39. The SMILES string of the molecule is O=C1CN(C(=O)c2cc(Br)cc(C(=O)O)c2)C2CCCCC2N1. The first-order chi connectivity index (χ1) is 11.0. The Morgan fingerprint density at radius 2 is 1.87 bits per heavy atom. The van der Waals surface area contributed by atoms with E-state index in [0.29, 0.717) is 4.47 Å². The van der Waals surface area contributed by atoms with E-state index >= 15 is 0 Å². The molecule has 6 nitrogen and oxygen atoms in total. The maximum absolute atomic E-state index is 12.9. The van der Waals surface area contributed by atoms with Gasteiger partial charge in [0.05, 0.1) is 11.6 Å². The highest BCUT2D eigenvalue weighted by atomic mass is 79.9. The van der Waals surface area contributed by atoms with Crippen molar-refractivity contribution >= 4 is 33.7 Å². The predicted octanol–water partition coefficient (Wildman–Crippen LogP) is 2.03. The molecule has 7 heteroatoms. The van der Waals surface area contributed by atoms with E-state index in [1.54, 1.807) is 11.0 Å². The lowest BCUT2D eigenvalue weighted by Crippen LogP contribution is -2.62. The lowest BCUT2D eigenvalue weighted by Gasteiger charge is -2.44. The van der Waals surface area contributed by atoms with Gasteiger partial charge in [-0.25, -0.2) is 4.79 Å². The topological polar surface area (TPSA) is 86.7 Å². The number of nitrogens with one attached hydrogen (secondary N) is 1. The number of nitrogens with zero attached hydrogens (tertiary/aromatic N) is 1. The molecule has 2 aliphatic rings. The number of amides is 2. The Hall–Kier alpha value is -1.89. The van der Waals surface area contributed by atoms with Gasteiger partial charge in [0.25, 0.3) is 5.91 Å². The lowest BCUT2D eigenvalue weighted by molar-refractivity contribution is -0.127. The Bertz CT molecular complexity index is 676. The molecule has 1 aliphatic carbocycles. The van der Waals surface area contributed by atoms with E-state index in [2.05, 4.69) is 21.2 Å². The van der Waals surface area contributed by atoms with Crippen LogP contribution in [-0.4, -0.2) is 46.4 Å². The fourth-order valence-electron chi connectivity index (χ4n) is 3.40. The molecule has 2 atom stereocenters. The van der Waals surface area contributed by atoms with Crippen LogP contribution in [-0.2, 0) is 4.79 Å². The number of benzene rings is 1. The molecule has 1 saturated heterocycles. The highest BCUT2D eigenvalue weighted by molar-refractivity contribution is 9.10. The zero-order valence-electron chi connectivity index (χ0n) is 12.4. The second kappa shape index (κ2) is 6.31. The molecule has 0 spiro atoms. The third kappa shape index (κ3) is 3.24. The van der Waals surface area contributed by atoms with E-state index in [0.717, 1.165) is 25.7 Å². The average Bonchev–Trinajstić information content (AvgIpc) is 2.52. The van der Waals surface area contributed by atoms with Gasteiger partial charge in [0.15, 0.2) is 0 Å². The minimum Gasteiger partial charge on any atom is -0.478 e. The van der Waals surface area contributed by atoms with Crippen LogP contribution in [0, 0.1) is 0 Å². The number of rotatable bonds is 2. The molecule has 3 rings (SSSR count). The summed E-state index contributed by atoms with van der Waals surface area (Å²) in [5.41, 5.74) is 0.333. The Labute approximate surface area is 142 Å². The van der Waals surface area contributed by atoms with Gasteiger partial charge in [-0.3, -0.25) is 9.59 Å². The smallest absolute Gasteiger partial charge is 0.335 e. The Morgan fingerprint density at radius 3 is 2.61 bits per heavy atom. The number of piperazine rings is 1. The fraction of sp³-hybridized carbons (Fsp3) is 0.438. The molecule has 0 aromatic heterocycles. The molecule has 1 aromatic carbocycles. The zero-order chi connectivity index (χ0) is 16.6. The van der Waals surface area contributed by atoms with Crippen LogP contribution in [0.2, 0.25) is 0 Å². The Balaban J connectivity index is 1.92. The molecule has 1 aromatic rings. The predicted molar refractivity (Wildman–Crippen MR) is 86.3 cm³/mol. The molecule has 2 fully saturated rings. The van der Waals surface area contributed by atoms with Crippen molar-refractivity contribution in [3.63, 3.8) is 0 Å². The van der Waals surface area contributed by atoms with Crippen LogP contribution in [0.15, 0.2) is 22.7 Å². The molecule has 23 heavy (non-hydrogen) atoms. The van der Waals surface area contributed by atoms with Crippen molar-refractivity contribution in [3.8, 4) is 0 Å². The van der Waals surface area contributed by atoms with E-state index in [4.69, 9.17) is 5.11 Å². The zero-order valence-corrected chi connectivity index (χ0v) is 14.0. The molecule has 0 bridgehead atoms. The van der Waals surface area contributed by atoms with Crippen LogP contribution < -0.4 is 5.32 Å². The van der Waals surface area contributed by atoms with Crippen LogP contribution in [0.25, 0.3) is 0 Å². The van der Waals surface area contributed by atoms with Crippen LogP contribution in [0.4, 0.5) is 0 Å². The van der Waals surface area contributed by atoms with E-state index in [1.807, 2.05) is 0 Å². The molecule has 1 heterocycles. The molecule has 1 aliphatic heterocycles. The number of carboxylic acid groups (broad SMARTS) is 1. The maximum Gasteiger partial charge on any atom is 0.335 e. The molecule has 0 radical (unpaired) electrons. The van der Waals surface area contributed by atoms with Gasteiger partial charge in [-0.15, -0.1) is 0 Å². The molecular weight excluding hydrogens is 364 g/mol. The first-order valence-corrected chi connectivity index (χ1v) is 8.39. The standard InChI is InChI=1S/C16H17BrN2O4/c17-11-6-9(5-10(7-11)16(22)23)15(21)19-8-14(20)18-12-3-1-2-4-13(12)19/h5-7,12-13H,1-4,8H2,(H,18,20)(H,22,23). The van der Waals surface area contributed by atoms with Gasteiger partial charge < -0.3 is 15.3 Å². The van der Waals surface area contributed by atoms with Gasteiger partial charge in [0.2, 0.25) is 5.91 Å². The Kier molecular flexibility index (Phi) is 4.39. The summed E-state index contributed by atoms with van der Waals surface area (Å²) in [4.78, 5) is 37.5. The van der Waals surface area contributed by atoms with E-state index in [-0.39, 0.29) is 41.6 Å². The average molecular weight is 381 g/mol. The minimum absolute atomic E-state index is 0.0000436. The summed E-state index contributed by atoms with van der Waals surface area (Å²) in [7, 11) is 0. The monoisotopic (exact) mass is 380 g/mol. The van der Waals surface area contributed by atoms with Crippen molar-refractivity contribution in [3.05, 3.63) is 33.8 Å². The fourth-order valence-corrected chi connectivity index (χ4v) is 3.90. The third-order valence-corrected chi connectivity index (χ3v) is 4.90.